The summed E-state index contributed by atoms with van der Waals surface area (Å²) in [4.78, 5) is 23.0. The number of benzene rings is 2. The van der Waals surface area contributed by atoms with Crippen molar-refractivity contribution in [3.05, 3.63) is 59.7 Å². The van der Waals surface area contributed by atoms with Crippen LogP contribution >= 0.6 is 0 Å². The van der Waals surface area contributed by atoms with E-state index in [0.717, 1.165) is 5.56 Å². The Balaban J connectivity index is 2.06. The Kier molecular flexibility index (Phi) is 4.15. The van der Waals surface area contributed by atoms with Gasteiger partial charge in [-0.3, -0.25) is 9.59 Å². The van der Waals surface area contributed by atoms with Crippen LogP contribution in [0.25, 0.3) is 0 Å². The van der Waals surface area contributed by atoms with Gasteiger partial charge in [-0.15, -0.1) is 0 Å². The van der Waals surface area contributed by atoms with E-state index in [0.29, 0.717) is 16.9 Å². The second kappa shape index (κ2) is 6.02. The zero-order chi connectivity index (χ0) is 14.5. The maximum atomic E-state index is 12.0. The van der Waals surface area contributed by atoms with Crippen molar-refractivity contribution in [2.24, 2.45) is 0 Å². The van der Waals surface area contributed by atoms with E-state index in [2.05, 4.69) is 10.6 Å². The van der Waals surface area contributed by atoms with Crippen LogP contribution in [0.1, 0.15) is 22.8 Å². The van der Waals surface area contributed by atoms with Crippen molar-refractivity contribution in [1.82, 2.24) is 0 Å². The molecule has 4 heteroatoms. The third-order valence-corrected chi connectivity index (χ3v) is 2.74. The van der Waals surface area contributed by atoms with E-state index in [-0.39, 0.29) is 11.8 Å². The number of hydrogen-bond acceptors (Lipinski definition) is 2. The van der Waals surface area contributed by atoms with Crippen LogP contribution in [0.2, 0.25) is 0 Å². The van der Waals surface area contributed by atoms with Gasteiger partial charge in [-0.05, 0) is 43.3 Å². The van der Waals surface area contributed by atoms with Crippen molar-refractivity contribution in [2.45, 2.75) is 13.8 Å². The van der Waals surface area contributed by atoms with Crippen LogP contribution in [0.15, 0.2) is 48.5 Å². The van der Waals surface area contributed by atoms with Crippen LogP contribution in [0.4, 0.5) is 11.4 Å². The lowest BCUT2D eigenvalue weighted by Gasteiger charge is -2.07. The Labute approximate surface area is 117 Å². The van der Waals surface area contributed by atoms with Crippen LogP contribution in [-0.2, 0) is 4.79 Å². The first kappa shape index (κ1) is 13.8. The van der Waals surface area contributed by atoms with Gasteiger partial charge < -0.3 is 10.6 Å². The molecule has 0 bridgehead atoms. The third-order valence-electron chi connectivity index (χ3n) is 2.74. The number of carbonyl (C=O) groups is 2. The number of carbonyl (C=O) groups excluding carboxylic acids is 2. The van der Waals surface area contributed by atoms with Gasteiger partial charge >= 0.3 is 0 Å². The standard InChI is InChI=1S/C16H16N2O2/c1-11-4-3-5-13(10-11)16(20)18-15-8-6-14(7-9-15)17-12(2)19/h3-10H,1-2H3,(H,17,19)(H,18,20). The molecule has 0 fully saturated rings. The molecular formula is C16H16N2O2. The highest BCUT2D eigenvalue weighted by atomic mass is 16.2. The predicted molar refractivity (Wildman–Crippen MR) is 79.9 cm³/mol. The number of anilines is 2. The summed E-state index contributed by atoms with van der Waals surface area (Å²) >= 11 is 0. The number of nitrogens with one attached hydrogen (secondary N) is 2. The van der Waals surface area contributed by atoms with Gasteiger partial charge in [0.05, 0.1) is 0 Å². The molecule has 2 N–H and O–H groups in total. The molecule has 2 aromatic carbocycles. The number of aryl methyl sites for hydroxylation is 1. The van der Waals surface area contributed by atoms with E-state index in [1.165, 1.54) is 6.92 Å². The summed E-state index contributed by atoms with van der Waals surface area (Å²) in [6.45, 7) is 3.40. The van der Waals surface area contributed by atoms with E-state index < -0.39 is 0 Å². The van der Waals surface area contributed by atoms with Gasteiger partial charge in [0, 0.05) is 23.9 Å². The largest absolute Gasteiger partial charge is 0.326 e. The smallest absolute Gasteiger partial charge is 0.255 e. The molecule has 102 valence electrons. The van der Waals surface area contributed by atoms with Crippen molar-refractivity contribution >= 4 is 23.2 Å². The quantitative estimate of drug-likeness (QED) is 0.898. The van der Waals surface area contributed by atoms with Crippen LogP contribution < -0.4 is 10.6 Å². The monoisotopic (exact) mass is 268 g/mol. The van der Waals surface area contributed by atoms with Crippen LogP contribution in [0.3, 0.4) is 0 Å². The third kappa shape index (κ3) is 3.68. The zero-order valence-electron chi connectivity index (χ0n) is 11.4. The molecule has 0 unspecified atom stereocenters. The van der Waals surface area contributed by atoms with E-state index >= 15 is 0 Å². The Bertz CT molecular complexity index is 633. The number of hydrogen-bond donors (Lipinski definition) is 2. The van der Waals surface area contributed by atoms with Crippen molar-refractivity contribution in [3.8, 4) is 0 Å². The SMILES string of the molecule is CC(=O)Nc1ccc(NC(=O)c2cccc(C)c2)cc1. The normalized spacial score (nSPS) is 9.90. The fraction of sp³-hybridized carbons (Fsp3) is 0.125. The highest BCUT2D eigenvalue weighted by molar-refractivity contribution is 6.04. The summed E-state index contributed by atoms with van der Waals surface area (Å²) in [6, 6.07) is 14.4. The maximum absolute atomic E-state index is 12.0. The van der Waals surface area contributed by atoms with Gasteiger partial charge in [0.25, 0.3) is 5.91 Å². The fourth-order valence-electron chi connectivity index (χ4n) is 1.83. The van der Waals surface area contributed by atoms with Crippen LogP contribution in [0, 0.1) is 6.92 Å². The lowest BCUT2D eigenvalue weighted by atomic mass is 10.1. The molecule has 0 aliphatic rings. The molecule has 0 aromatic heterocycles. The highest BCUT2D eigenvalue weighted by Crippen LogP contribution is 2.15. The lowest BCUT2D eigenvalue weighted by Crippen LogP contribution is -2.12. The average molecular weight is 268 g/mol. The first-order valence-electron chi connectivity index (χ1n) is 6.30. The minimum absolute atomic E-state index is 0.124. The van der Waals surface area contributed by atoms with Gasteiger partial charge in [-0.1, -0.05) is 17.7 Å². The average Bonchev–Trinajstić information content (AvgIpc) is 2.40. The Morgan fingerprint density at radius 1 is 0.900 bits per heavy atom. The fourth-order valence-corrected chi connectivity index (χ4v) is 1.83. The first-order chi connectivity index (χ1) is 9.54. The van der Waals surface area contributed by atoms with Crippen molar-refractivity contribution in [3.63, 3.8) is 0 Å². The molecule has 0 heterocycles. The molecule has 0 aliphatic carbocycles. The molecule has 2 amide bonds. The van der Waals surface area contributed by atoms with Gasteiger partial charge in [-0.2, -0.15) is 0 Å². The van der Waals surface area contributed by atoms with Gasteiger partial charge in [0.2, 0.25) is 5.91 Å². The molecule has 20 heavy (non-hydrogen) atoms. The molecule has 0 saturated carbocycles. The molecule has 0 atom stereocenters. The molecule has 0 saturated heterocycles. The molecule has 0 spiro atoms. The summed E-state index contributed by atoms with van der Waals surface area (Å²) in [7, 11) is 0. The Morgan fingerprint density at radius 2 is 1.50 bits per heavy atom. The predicted octanol–water partition coefficient (Wildman–Crippen LogP) is 3.21. The molecule has 4 nitrogen and oxygen atoms in total. The molecule has 0 aliphatic heterocycles. The van der Waals surface area contributed by atoms with E-state index in [4.69, 9.17) is 0 Å². The summed E-state index contributed by atoms with van der Waals surface area (Å²) in [5.41, 5.74) is 3.05. The topological polar surface area (TPSA) is 58.2 Å². The van der Waals surface area contributed by atoms with Crippen LogP contribution in [-0.4, -0.2) is 11.8 Å². The van der Waals surface area contributed by atoms with Gasteiger partial charge in [-0.25, -0.2) is 0 Å². The van der Waals surface area contributed by atoms with E-state index in [9.17, 15) is 9.59 Å². The zero-order valence-corrected chi connectivity index (χ0v) is 11.4. The second-order valence-electron chi connectivity index (χ2n) is 4.58. The minimum atomic E-state index is -0.152. The molecule has 2 rings (SSSR count). The summed E-state index contributed by atoms with van der Waals surface area (Å²) in [5, 5.41) is 5.49. The Morgan fingerprint density at radius 3 is 2.05 bits per heavy atom. The van der Waals surface area contributed by atoms with E-state index in [1.807, 2.05) is 25.1 Å². The molecule has 2 aromatic rings. The van der Waals surface area contributed by atoms with E-state index in [1.54, 1.807) is 30.3 Å². The van der Waals surface area contributed by atoms with Gasteiger partial charge in [0.15, 0.2) is 0 Å². The lowest BCUT2D eigenvalue weighted by molar-refractivity contribution is -0.114. The highest BCUT2D eigenvalue weighted by Gasteiger charge is 2.06. The summed E-state index contributed by atoms with van der Waals surface area (Å²) < 4.78 is 0. The second-order valence-corrected chi connectivity index (χ2v) is 4.58. The number of amides is 2. The molecule has 0 radical (unpaired) electrons. The van der Waals surface area contributed by atoms with Crippen molar-refractivity contribution < 1.29 is 9.59 Å². The minimum Gasteiger partial charge on any atom is -0.326 e. The Hall–Kier alpha value is -2.62. The van der Waals surface area contributed by atoms with Crippen molar-refractivity contribution in [1.29, 1.82) is 0 Å². The summed E-state index contributed by atoms with van der Waals surface area (Å²) in [5.74, 6) is -0.275. The van der Waals surface area contributed by atoms with Gasteiger partial charge in [0.1, 0.15) is 0 Å². The van der Waals surface area contributed by atoms with Crippen LogP contribution in [0.5, 0.6) is 0 Å². The first-order valence-corrected chi connectivity index (χ1v) is 6.30. The maximum Gasteiger partial charge on any atom is 0.255 e. The number of rotatable bonds is 3. The molecular weight excluding hydrogens is 252 g/mol. The van der Waals surface area contributed by atoms with Crippen molar-refractivity contribution in [2.75, 3.05) is 10.6 Å². The summed E-state index contributed by atoms with van der Waals surface area (Å²) in [6.07, 6.45) is 0.